The van der Waals surface area contributed by atoms with Crippen LogP contribution in [0.15, 0.2) is 36.5 Å². The summed E-state index contributed by atoms with van der Waals surface area (Å²) >= 11 is 0. The summed E-state index contributed by atoms with van der Waals surface area (Å²) in [5, 5.41) is 8.72. The molecule has 1 saturated carbocycles. The summed E-state index contributed by atoms with van der Waals surface area (Å²) in [6.07, 6.45) is 0.317. The van der Waals surface area contributed by atoms with Crippen molar-refractivity contribution in [3.05, 3.63) is 58.9 Å². The molecule has 4 nitrogen and oxygen atoms in total. The second kappa shape index (κ2) is 7.98. The number of carboxylic acid groups (broad SMARTS) is 1. The smallest absolute Gasteiger partial charge is 0.416 e. The van der Waals surface area contributed by atoms with Crippen LogP contribution in [0.5, 0.6) is 5.75 Å². The molecule has 1 aromatic carbocycles. The molecule has 0 spiro atoms. The summed E-state index contributed by atoms with van der Waals surface area (Å²) in [6.45, 7) is -0.0199. The molecule has 1 aliphatic carbocycles. The normalized spacial score (nSPS) is 15.1. The molecule has 7 heteroatoms. The lowest BCUT2D eigenvalue weighted by molar-refractivity contribution is -0.138. The van der Waals surface area contributed by atoms with Gasteiger partial charge in [-0.15, -0.1) is 0 Å². The zero-order chi connectivity index (χ0) is 19.4. The number of halogens is 3. The van der Waals surface area contributed by atoms with Crippen LogP contribution >= 0.6 is 0 Å². The van der Waals surface area contributed by atoms with Crippen molar-refractivity contribution >= 4 is 5.97 Å². The molecule has 3 rings (SSSR count). The molecule has 0 atom stereocenters. The first kappa shape index (κ1) is 19.2. The predicted octanol–water partition coefficient (Wildman–Crippen LogP) is 4.96. The minimum Gasteiger partial charge on any atom is -0.487 e. The molecule has 0 saturated heterocycles. The Hall–Kier alpha value is -2.57. The lowest BCUT2D eigenvalue weighted by atomic mass is 9.91. The molecule has 0 radical (unpaired) electrons. The quantitative estimate of drug-likeness (QED) is 0.770. The van der Waals surface area contributed by atoms with E-state index in [0.717, 1.165) is 25.7 Å². The SMILES string of the molecule is O=C(O)Cc1ccc(OCc2ccc(C3CCCC3)c(C(F)(F)F)c2)cn1. The van der Waals surface area contributed by atoms with Crippen molar-refractivity contribution in [1.29, 1.82) is 0 Å². The first-order chi connectivity index (χ1) is 12.8. The number of aliphatic carboxylic acids is 1. The fraction of sp³-hybridized carbons (Fsp3) is 0.400. The summed E-state index contributed by atoms with van der Waals surface area (Å²) < 4.78 is 46.0. The maximum atomic E-state index is 13.5. The minimum absolute atomic E-state index is 0.0199. The highest BCUT2D eigenvalue weighted by Crippen LogP contribution is 2.41. The monoisotopic (exact) mass is 379 g/mol. The van der Waals surface area contributed by atoms with Gasteiger partial charge in [-0.2, -0.15) is 13.2 Å². The highest BCUT2D eigenvalue weighted by atomic mass is 19.4. The number of hydrogen-bond donors (Lipinski definition) is 1. The molecule has 27 heavy (non-hydrogen) atoms. The van der Waals surface area contributed by atoms with Gasteiger partial charge in [0.2, 0.25) is 0 Å². The van der Waals surface area contributed by atoms with Crippen molar-refractivity contribution in [2.24, 2.45) is 0 Å². The van der Waals surface area contributed by atoms with Crippen LogP contribution in [0.2, 0.25) is 0 Å². The second-order valence-electron chi connectivity index (χ2n) is 6.75. The zero-order valence-electron chi connectivity index (χ0n) is 14.6. The van der Waals surface area contributed by atoms with Gasteiger partial charge in [0.05, 0.1) is 23.9 Å². The molecular formula is C20H20F3NO3. The van der Waals surface area contributed by atoms with E-state index in [1.807, 2.05) is 0 Å². The number of carboxylic acids is 1. The van der Waals surface area contributed by atoms with Gasteiger partial charge in [0.25, 0.3) is 0 Å². The molecule has 2 aromatic rings. The maximum Gasteiger partial charge on any atom is 0.416 e. The van der Waals surface area contributed by atoms with E-state index < -0.39 is 17.7 Å². The predicted molar refractivity (Wildman–Crippen MR) is 92.6 cm³/mol. The van der Waals surface area contributed by atoms with Gasteiger partial charge in [0, 0.05) is 0 Å². The average Bonchev–Trinajstić information content (AvgIpc) is 3.14. The highest BCUT2D eigenvalue weighted by molar-refractivity contribution is 5.69. The summed E-state index contributed by atoms with van der Waals surface area (Å²) in [6, 6.07) is 7.50. The summed E-state index contributed by atoms with van der Waals surface area (Å²) in [5.74, 6) is -0.640. The Morgan fingerprint density at radius 1 is 1.19 bits per heavy atom. The molecule has 1 aromatic heterocycles. The topological polar surface area (TPSA) is 59.4 Å². The van der Waals surface area contributed by atoms with Crippen LogP contribution in [-0.2, 0) is 24.0 Å². The lowest BCUT2D eigenvalue weighted by Gasteiger charge is -2.19. The van der Waals surface area contributed by atoms with Crippen molar-refractivity contribution in [3.8, 4) is 5.75 Å². The van der Waals surface area contributed by atoms with Gasteiger partial charge in [-0.05, 0) is 48.1 Å². The number of nitrogens with zero attached hydrogens (tertiary/aromatic N) is 1. The molecule has 1 heterocycles. The van der Waals surface area contributed by atoms with E-state index in [4.69, 9.17) is 9.84 Å². The number of alkyl halides is 3. The van der Waals surface area contributed by atoms with Crippen LogP contribution in [-0.4, -0.2) is 16.1 Å². The maximum absolute atomic E-state index is 13.5. The van der Waals surface area contributed by atoms with Crippen LogP contribution in [0.25, 0.3) is 0 Å². The standard InChI is InChI=1S/C20H20F3NO3/c21-20(22,23)18-9-13(5-8-17(18)14-3-1-2-4-14)12-27-16-7-6-15(24-11-16)10-19(25)26/h5-9,11,14H,1-4,10,12H2,(H,25,26). The minimum atomic E-state index is -4.39. The Kier molecular flexibility index (Phi) is 5.68. The van der Waals surface area contributed by atoms with Crippen LogP contribution in [0.4, 0.5) is 13.2 Å². The van der Waals surface area contributed by atoms with Crippen LogP contribution < -0.4 is 4.74 Å². The number of hydrogen-bond acceptors (Lipinski definition) is 3. The first-order valence-electron chi connectivity index (χ1n) is 8.82. The Balaban J connectivity index is 1.72. The highest BCUT2D eigenvalue weighted by Gasteiger charge is 2.36. The Labute approximate surface area is 155 Å². The van der Waals surface area contributed by atoms with Crippen molar-refractivity contribution < 1.29 is 27.8 Å². The molecule has 0 bridgehead atoms. The summed E-state index contributed by atoms with van der Waals surface area (Å²) in [4.78, 5) is 14.6. The third kappa shape index (κ3) is 4.99. The number of aromatic nitrogens is 1. The molecule has 0 aliphatic heterocycles. The molecule has 0 amide bonds. The number of ether oxygens (including phenoxy) is 1. The Morgan fingerprint density at radius 3 is 2.52 bits per heavy atom. The molecule has 1 aliphatic rings. The Morgan fingerprint density at radius 2 is 1.93 bits per heavy atom. The summed E-state index contributed by atoms with van der Waals surface area (Å²) in [7, 11) is 0. The van der Waals surface area contributed by atoms with Crippen molar-refractivity contribution in [2.75, 3.05) is 0 Å². The number of rotatable bonds is 6. The van der Waals surface area contributed by atoms with Crippen molar-refractivity contribution in [3.63, 3.8) is 0 Å². The Bertz CT molecular complexity index is 797. The van der Waals surface area contributed by atoms with Gasteiger partial charge in [-0.1, -0.05) is 25.0 Å². The lowest BCUT2D eigenvalue weighted by Crippen LogP contribution is -2.12. The van der Waals surface area contributed by atoms with E-state index in [1.165, 1.54) is 18.3 Å². The number of carbonyl (C=O) groups is 1. The third-order valence-corrected chi connectivity index (χ3v) is 4.75. The fourth-order valence-electron chi connectivity index (χ4n) is 3.45. The number of pyridine rings is 1. The fourth-order valence-corrected chi connectivity index (χ4v) is 3.45. The van der Waals surface area contributed by atoms with Gasteiger partial charge in [0.1, 0.15) is 12.4 Å². The molecule has 1 N–H and O–H groups in total. The zero-order valence-corrected chi connectivity index (χ0v) is 14.6. The third-order valence-electron chi connectivity index (χ3n) is 4.75. The van der Waals surface area contributed by atoms with Gasteiger partial charge in [0.15, 0.2) is 0 Å². The summed E-state index contributed by atoms with van der Waals surface area (Å²) in [5.41, 5.74) is 0.614. The van der Waals surface area contributed by atoms with E-state index in [-0.39, 0.29) is 18.9 Å². The van der Waals surface area contributed by atoms with E-state index in [9.17, 15) is 18.0 Å². The molecule has 0 unspecified atom stereocenters. The van der Waals surface area contributed by atoms with E-state index in [1.54, 1.807) is 18.2 Å². The van der Waals surface area contributed by atoms with E-state index in [2.05, 4.69) is 4.98 Å². The van der Waals surface area contributed by atoms with Crippen molar-refractivity contribution in [2.45, 2.75) is 50.8 Å². The van der Waals surface area contributed by atoms with Gasteiger partial charge < -0.3 is 9.84 Å². The van der Waals surface area contributed by atoms with Crippen molar-refractivity contribution in [1.82, 2.24) is 4.98 Å². The molecule has 1 fully saturated rings. The van der Waals surface area contributed by atoms with Gasteiger partial charge in [-0.25, -0.2) is 0 Å². The van der Waals surface area contributed by atoms with Crippen LogP contribution in [0.1, 0.15) is 54.0 Å². The first-order valence-corrected chi connectivity index (χ1v) is 8.82. The van der Waals surface area contributed by atoms with Gasteiger partial charge >= 0.3 is 12.1 Å². The molecule has 144 valence electrons. The number of benzene rings is 1. The van der Waals surface area contributed by atoms with E-state index in [0.29, 0.717) is 22.6 Å². The van der Waals surface area contributed by atoms with Crippen LogP contribution in [0, 0.1) is 0 Å². The largest absolute Gasteiger partial charge is 0.487 e. The molecular weight excluding hydrogens is 359 g/mol. The van der Waals surface area contributed by atoms with Gasteiger partial charge in [-0.3, -0.25) is 9.78 Å². The van der Waals surface area contributed by atoms with E-state index >= 15 is 0 Å². The second-order valence-corrected chi connectivity index (χ2v) is 6.75. The average molecular weight is 379 g/mol. The van der Waals surface area contributed by atoms with Crippen LogP contribution in [0.3, 0.4) is 0 Å².